The first kappa shape index (κ1) is 38.7. The summed E-state index contributed by atoms with van der Waals surface area (Å²) in [6, 6.07) is 44.0. The molecule has 3 nitrogen and oxygen atoms in total. The summed E-state index contributed by atoms with van der Waals surface area (Å²) in [4.78, 5) is 6.39. The summed E-state index contributed by atoms with van der Waals surface area (Å²) in [6.45, 7) is 27.5. The smallest absolute Gasteiger partial charge is 0.297 e. The molecule has 2 aromatic heterocycles. The van der Waals surface area contributed by atoms with E-state index in [1.807, 2.05) is 11.3 Å². The van der Waals surface area contributed by atoms with Gasteiger partial charge in [0.1, 0.15) is 5.58 Å². The van der Waals surface area contributed by atoms with Crippen LogP contribution in [0, 0.1) is 20.8 Å². The lowest BCUT2D eigenvalue weighted by atomic mass is 9.35. The van der Waals surface area contributed by atoms with Crippen molar-refractivity contribution in [2.24, 2.45) is 0 Å². The van der Waals surface area contributed by atoms with Crippen molar-refractivity contribution >= 4 is 89.8 Å². The van der Waals surface area contributed by atoms with Crippen LogP contribution in [-0.4, -0.2) is 6.71 Å². The molecule has 10 rings (SSSR count). The first-order chi connectivity index (χ1) is 28.4. The van der Waals surface area contributed by atoms with Crippen LogP contribution in [0.2, 0.25) is 0 Å². The van der Waals surface area contributed by atoms with Crippen molar-refractivity contribution < 1.29 is 4.42 Å². The zero-order valence-electron chi connectivity index (χ0n) is 37.3. The normalized spacial score (nSPS) is 13.9. The van der Waals surface area contributed by atoms with Gasteiger partial charge >= 0.3 is 0 Å². The highest BCUT2D eigenvalue weighted by Crippen LogP contribution is 2.50. The topological polar surface area (TPSA) is 19.6 Å². The minimum Gasteiger partial charge on any atom is -0.468 e. The molecule has 0 unspecified atom stereocenters. The Kier molecular flexibility index (Phi) is 8.53. The highest BCUT2D eigenvalue weighted by molar-refractivity contribution is 7.22. The number of thiophene rings is 1. The van der Waals surface area contributed by atoms with Crippen molar-refractivity contribution in [3.63, 3.8) is 0 Å². The Labute approximate surface area is 360 Å². The van der Waals surface area contributed by atoms with Gasteiger partial charge in [-0.15, -0.1) is 11.3 Å². The quantitative estimate of drug-likeness (QED) is 0.166. The molecule has 2 aliphatic heterocycles. The molecule has 5 heteroatoms. The number of anilines is 6. The van der Waals surface area contributed by atoms with Gasteiger partial charge in [0.2, 0.25) is 0 Å². The van der Waals surface area contributed by atoms with Crippen LogP contribution in [0.3, 0.4) is 0 Å². The number of aryl methyl sites for hydroxylation is 3. The lowest BCUT2D eigenvalue weighted by Gasteiger charge is -2.43. The van der Waals surface area contributed by atoms with Crippen molar-refractivity contribution in [2.75, 3.05) is 9.80 Å². The first-order valence-corrected chi connectivity index (χ1v) is 22.4. The Morgan fingerprint density at radius 1 is 0.550 bits per heavy atom. The minimum atomic E-state index is -0.104. The van der Waals surface area contributed by atoms with E-state index in [2.05, 4.69) is 208 Å². The van der Waals surface area contributed by atoms with E-state index in [1.165, 1.54) is 87.6 Å². The van der Waals surface area contributed by atoms with E-state index >= 15 is 0 Å². The molecule has 0 radical (unpaired) electrons. The van der Waals surface area contributed by atoms with Crippen molar-refractivity contribution in [1.82, 2.24) is 0 Å². The number of nitrogens with zero attached hydrogens (tertiary/aromatic N) is 2. The van der Waals surface area contributed by atoms with Gasteiger partial charge in [0.15, 0.2) is 0 Å². The second-order valence-electron chi connectivity index (χ2n) is 20.5. The summed E-state index contributed by atoms with van der Waals surface area (Å²) in [5.74, 6) is 0. The monoisotopic (exact) mass is 802 g/mol. The average Bonchev–Trinajstić information content (AvgIpc) is 3.79. The number of hydrogen-bond donors (Lipinski definition) is 0. The first-order valence-electron chi connectivity index (χ1n) is 21.5. The van der Waals surface area contributed by atoms with Gasteiger partial charge < -0.3 is 14.2 Å². The lowest BCUT2D eigenvalue weighted by Crippen LogP contribution is -2.61. The Bertz CT molecular complexity index is 2980. The predicted molar refractivity (Wildman–Crippen MR) is 261 cm³/mol. The Hall–Kier alpha value is -5.52. The van der Waals surface area contributed by atoms with Crippen LogP contribution in [0.25, 0.3) is 31.5 Å². The van der Waals surface area contributed by atoms with E-state index < -0.39 is 0 Å². The summed E-state index contributed by atoms with van der Waals surface area (Å²) in [5, 5.41) is 2.45. The summed E-state index contributed by atoms with van der Waals surface area (Å²) in [7, 11) is 0. The fourth-order valence-electron chi connectivity index (χ4n) is 9.75. The molecule has 0 saturated carbocycles. The predicted octanol–water partition coefficient (Wildman–Crippen LogP) is 14.2. The standard InChI is InChI=1S/C55H55BN2OS/c1-32-25-44-49-45(26-32)58(50-33(2)27-36(28-34(50)3)48-29-35-15-13-14-16-47(35)60-48)51-41-30-38(54(7,8)9)20-24-46(41)59-52(51)56(49)42-31-39(55(10,11)12)19-23-43(42)57(44)40-21-17-37(18-22-40)53(4,5)6/h13-31H,1-12H3. The van der Waals surface area contributed by atoms with Crippen molar-refractivity contribution in [3.05, 3.63) is 149 Å². The van der Waals surface area contributed by atoms with Crippen LogP contribution in [0.4, 0.5) is 34.1 Å². The van der Waals surface area contributed by atoms with E-state index in [0.29, 0.717) is 0 Å². The van der Waals surface area contributed by atoms with Crippen LogP contribution in [0.1, 0.15) is 95.7 Å². The molecule has 6 aromatic carbocycles. The van der Waals surface area contributed by atoms with Gasteiger partial charge in [-0.1, -0.05) is 111 Å². The Morgan fingerprint density at radius 3 is 1.80 bits per heavy atom. The summed E-state index contributed by atoms with van der Waals surface area (Å²) >= 11 is 1.87. The number of benzene rings is 6. The molecule has 60 heavy (non-hydrogen) atoms. The Morgan fingerprint density at radius 2 is 1.15 bits per heavy atom. The van der Waals surface area contributed by atoms with E-state index in [0.717, 1.165) is 28.0 Å². The maximum Gasteiger partial charge on any atom is 0.297 e. The third kappa shape index (κ3) is 6.06. The third-order valence-corrected chi connectivity index (χ3v) is 14.1. The highest BCUT2D eigenvalue weighted by atomic mass is 32.1. The fraction of sp³-hybridized carbons (Fsp3) is 0.273. The molecule has 300 valence electrons. The summed E-state index contributed by atoms with van der Waals surface area (Å²) in [5.41, 5.74) is 20.6. The van der Waals surface area contributed by atoms with Crippen LogP contribution in [-0.2, 0) is 16.2 Å². The van der Waals surface area contributed by atoms with Crippen molar-refractivity contribution in [3.8, 4) is 10.4 Å². The number of fused-ring (bicyclic) bond motifs is 7. The molecule has 0 fully saturated rings. The molecule has 0 spiro atoms. The largest absolute Gasteiger partial charge is 0.468 e. The number of furan rings is 1. The van der Waals surface area contributed by atoms with Crippen LogP contribution >= 0.6 is 11.3 Å². The van der Waals surface area contributed by atoms with Crippen LogP contribution < -0.4 is 26.4 Å². The van der Waals surface area contributed by atoms with E-state index in [9.17, 15) is 0 Å². The molecule has 0 amide bonds. The molecule has 0 aliphatic carbocycles. The average molecular weight is 803 g/mol. The van der Waals surface area contributed by atoms with Gasteiger partial charge in [0.25, 0.3) is 6.71 Å². The van der Waals surface area contributed by atoms with Gasteiger partial charge in [-0.25, -0.2) is 0 Å². The molecular weight excluding hydrogens is 747 g/mol. The zero-order chi connectivity index (χ0) is 42.2. The highest BCUT2D eigenvalue weighted by Gasteiger charge is 2.47. The molecular formula is C55H55BN2OS. The number of rotatable bonds is 3. The maximum absolute atomic E-state index is 7.31. The molecule has 2 aliphatic rings. The van der Waals surface area contributed by atoms with Crippen molar-refractivity contribution in [2.45, 2.75) is 99.3 Å². The lowest BCUT2D eigenvalue weighted by molar-refractivity contribution is 0.590. The van der Waals surface area contributed by atoms with Crippen LogP contribution in [0.15, 0.2) is 120 Å². The Balaban J connectivity index is 1.29. The third-order valence-electron chi connectivity index (χ3n) is 13.0. The molecule has 8 aromatic rings. The summed E-state index contributed by atoms with van der Waals surface area (Å²) in [6.07, 6.45) is 0. The molecule has 0 atom stereocenters. The van der Waals surface area contributed by atoms with E-state index in [1.54, 1.807) is 0 Å². The fourth-order valence-corrected chi connectivity index (χ4v) is 10.8. The second kappa shape index (κ2) is 13.2. The van der Waals surface area contributed by atoms with Crippen molar-refractivity contribution in [1.29, 1.82) is 0 Å². The zero-order valence-corrected chi connectivity index (χ0v) is 38.1. The molecule has 0 saturated heterocycles. The summed E-state index contributed by atoms with van der Waals surface area (Å²) < 4.78 is 8.63. The van der Waals surface area contributed by atoms with Gasteiger partial charge in [0, 0.05) is 37.7 Å². The number of hydrogen-bond acceptors (Lipinski definition) is 4. The van der Waals surface area contributed by atoms with Gasteiger partial charge in [-0.2, -0.15) is 0 Å². The SMILES string of the molecule is Cc1cc2c3c(c1)N(c1c(C)cc(-c4cc5ccccc5s4)cc1C)c1c(oc4ccc(C(C)(C)C)cc14)B3c1cc(C(C)(C)C)ccc1N2c1ccc(C(C)(C)C)cc1. The minimum absolute atomic E-state index is 0.0284. The van der Waals surface area contributed by atoms with Crippen LogP contribution in [0.5, 0.6) is 0 Å². The van der Waals surface area contributed by atoms with E-state index in [-0.39, 0.29) is 23.0 Å². The van der Waals surface area contributed by atoms with Gasteiger partial charge in [0.05, 0.1) is 17.0 Å². The molecule has 0 bridgehead atoms. The second-order valence-corrected chi connectivity index (χ2v) is 21.6. The molecule has 0 N–H and O–H groups in total. The van der Waals surface area contributed by atoms with Gasteiger partial charge in [-0.3, -0.25) is 0 Å². The molecule has 4 heterocycles. The van der Waals surface area contributed by atoms with E-state index in [4.69, 9.17) is 4.42 Å². The van der Waals surface area contributed by atoms with Gasteiger partial charge in [-0.05, 0) is 159 Å². The maximum atomic E-state index is 7.31.